The summed E-state index contributed by atoms with van der Waals surface area (Å²) >= 11 is 1.48. The van der Waals surface area contributed by atoms with Gasteiger partial charge in [-0.25, -0.2) is 0 Å². The third-order valence-electron chi connectivity index (χ3n) is 5.59. The Labute approximate surface area is 200 Å². The maximum Gasteiger partial charge on any atom is 0.416 e. The van der Waals surface area contributed by atoms with Crippen molar-refractivity contribution in [2.75, 3.05) is 16.0 Å². The minimum absolute atomic E-state index is 0.00861. The molecule has 1 atom stereocenters. The first-order chi connectivity index (χ1) is 16.1. The Morgan fingerprint density at radius 2 is 1.74 bits per heavy atom. The van der Waals surface area contributed by atoms with Crippen molar-refractivity contribution in [3.63, 3.8) is 0 Å². The molecule has 2 amide bonds. The second-order valence-electron chi connectivity index (χ2n) is 8.33. The average Bonchev–Trinajstić information content (AvgIpc) is 3.20. The molecule has 3 aromatic rings. The number of thioether (sulfide) groups is 1. The lowest BCUT2D eigenvalue weighted by atomic mass is 10.0. The lowest BCUT2D eigenvalue weighted by molar-refractivity contribution is -0.137. The molecule has 0 aromatic heterocycles. The van der Waals surface area contributed by atoms with E-state index in [2.05, 4.69) is 19.2 Å². The van der Waals surface area contributed by atoms with Crippen LogP contribution in [0.4, 0.5) is 24.5 Å². The number of amides is 2. The molecule has 176 valence electrons. The summed E-state index contributed by atoms with van der Waals surface area (Å²) in [6.07, 6.45) is -4.53. The summed E-state index contributed by atoms with van der Waals surface area (Å²) in [5, 5.41) is 2.39. The van der Waals surface area contributed by atoms with Crippen molar-refractivity contribution in [3.05, 3.63) is 95.1 Å². The van der Waals surface area contributed by atoms with Gasteiger partial charge in [0, 0.05) is 16.9 Å². The molecule has 1 saturated heterocycles. The Hall–Kier alpha value is -3.26. The van der Waals surface area contributed by atoms with Gasteiger partial charge in [0.2, 0.25) is 5.91 Å². The number of anilines is 2. The summed E-state index contributed by atoms with van der Waals surface area (Å²) in [7, 11) is 0. The van der Waals surface area contributed by atoms with E-state index in [9.17, 15) is 22.8 Å². The van der Waals surface area contributed by atoms with Gasteiger partial charge >= 0.3 is 6.18 Å². The van der Waals surface area contributed by atoms with Crippen LogP contribution < -0.4 is 10.2 Å². The van der Waals surface area contributed by atoms with E-state index in [4.69, 9.17) is 0 Å². The predicted octanol–water partition coefficient (Wildman–Crippen LogP) is 6.86. The maximum atomic E-state index is 13.0. The van der Waals surface area contributed by atoms with Crippen LogP contribution in [0.25, 0.3) is 0 Å². The Bertz CT molecular complexity index is 1210. The van der Waals surface area contributed by atoms with Gasteiger partial charge in [0.25, 0.3) is 5.91 Å². The number of alkyl halides is 3. The molecule has 0 unspecified atom stereocenters. The number of carbonyl (C=O) groups is 2. The van der Waals surface area contributed by atoms with Gasteiger partial charge in [0.05, 0.1) is 11.3 Å². The van der Waals surface area contributed by atoms with Crippen molar-refractivity contribution < 1.29 is 22.8 Å². The second-order valence-corrected chi connectivity index (χ2v) is 9.40. The highest BCUT2D eigenvalue weighted by Gasteiger charge is 2.34. The lowest BCUT2D eigenvalue weighted by Gasteiger charge is -2.25. The first-order valence-electron chi connectivity index (χ1n) is 10.8. The van der Waals surface area contributed by atoms with Gasteiger partial charge in [-0.15, -0.1) is 11.8 Å². The van der Waals surface area contributed by atoms with Crippen molar-refractivity contribution in [1.82, 2.24) is 0 Å². The monoisotopic (exact) mass is 484 g/mol. The van der Waals surface area contributed by atoms with Gasteiger partial charge in [0.1, 0.15) is 5.37 Å². The fraction of sp³-hybridized carbons (Fsp3) is 0.231. The van der Waals surface area contributed by atoms with Gasteiger partial charge < -0.3 is 5.32 Å². The van der Waals surface area contributed by atoms with Crippen LogP contribution in [0.3, 0.4) is 0 Å². The SMILES string of the molecule is CC(C)c1ccc(N2C(=O)CS[C@@H]2c2cccc(NC(=O)c3cccc(C(F)(F)F)c3)c2)cc1. The quantitative estimate of drug-likeness (QED) is 0.430. The van der Waals surface area contributed by atoms with E-state index in [1.54, 1.807) is 23.1 Å². The molecule has 1 N–H and O–H groups in total. The second kappa shape index (κ2) is 9.54. The maximum absolute atomic E-state index is 13.0. The minimum Gasteiger partial charge on any atom is -0.322 e. The molecule has 0 saturated carbocycles. The zero-order chi connectivity index (χ0) is 24.5. The molecule has 1 aliphatic rings. The Morgan fingerprint density at radius 3 is 2.41 bits per heavy atom. The number of hydrogen-bond donors (Lipinski definition) is 1. The number of rotatable bonds is 5. The molecule has 0 aliphatic carbocycles. The van der Waals surface area contributed by atoms with Gasteiger partial charge in [-0.3, -0.25) is 14.5 Å². The number of benzene rings is 3. The summed E-state index contributed by atoms with van der Waals surface area (Å²) in [5.74, 6) is 0.0630. The van der Waals surface area contributed by atoms with Crippen LogP contribution in [0.1, 0.15) is 52.2 Å². The summed E-state index contributed by atoms with van der Waals surface area (Å²) in [4.78, 5) is 27.0. The van der Waals surface area contributed by atoms with Crippen LogP contribution in [0.15, 0.2) is 72.8 Å². The molecule has 0 radical (unpaired) electrons. The van der Waals surface area contributed by atoms with E-state index in [0.29, 0.717) is 17.4 Å². The smallest absolute Gasteiger partial charge is 0.322 e. The molecule has 0 bridgehead atoms. The lowest BCUT2D eigenvalue weighted by Crippen LogP contribution is -2.27. The van der Waals surface area contributed by atoms with E-state index >= 15 is 0 Å². The predicted molar refractivity (Wildman–Crippen MR) is 129 cm³/mol. The molecule has 8 heteroatoms. The highest BCUT2D eigenvalue weighted by molar-refractivity contribution is 8.00. The van der Waals surface area contributed by atoms with Crippen molar-refractivity contribution in [2.24, 2.45) is 0 Å². The third-order valence-corrected chi connectivity index (χ3v) is 6.80. The molecule has 1 heterocycles. The van der Waals surface area contributed by atoms with Gasteiger partial charge in [-0.2, -0.15) is 13.2 Å². The van der Waals surface area contributed by atoms with Crippen LogP contribution in [-0.2, 0) is 11.0 Å². The van der Waals surface area contributed by atoms with Crippen molar-refractivity contribution in [1.29, 1.82) is 0 Å². The first kappa shape index (κ1) is 23.9. The molecular formula is C26H23F3N2O2S. The summed E-state index contributed by atoms with van der Waals surface area (Å²) < 4.78 is 39.0. The van der Waals surface area contributed by atoms with Crippen molar-refractivity contribution in [2.45, 2.75) is 31.3 Å². The number of nitrogens with one attached hydrogen (secondary N) is 1. The Morgan fingerprint density at radius 1 is 1.03 bits per heavy atom. The molecule has 0 spiro atoms. The molecule has 1 fully saturated rings. The van der Waals surface area contributed by atoms with Crippen LogP contribution in [-0.4, -0.2) is 17.6 Å². The number of carbonyl (C=O) groups excluding carboxylic acids is 2. The van der Waals surface area contributed by atoms with E-state index in [-0.39, 0.29) is 16.8 Å². The molecule has 3 aromatic carbocycles. The number of hydrogen-bond acceptors (Lipinski definition) is 3. The average molecular weight is 485 g/mol. The fourth-order valence-corrected chi connectivity index (χ4v) is 4.95. The Balaban J connectivity index is 1.56. The van der Waals surface area contributed by atoms with Crippen LogP contribution >= 0.6 is 11.8 Å². The normalized spacial score (nSPS) is 16.2. The molecular weight excluding hydrogens is 461 g/mol. The molecule has 1 aliphatic heterocycles. The zero-order valence-corrected chi connectivity index (χ0v) is 19.4. The van der Waals surface area contributed by atoms with Gasteiger partial charge in [-0.05, 0) is 59.5 Å². The molecule has 4 rings (SSSR count). The largest absolute Gasteiger partial charge is 0.416 e. The number of halogens is 3. The van der Waals surface area contributed by atoms with E-state index in [1.807, 2.05) is 30.3 Å². The van der Waals surface area contributed by atoms with Gasteiger partial charge in [0.15, 0.2) is 0 Å². The zero-order valence-electron chi connectivity index (χ0n) is 18.6. The minimum atomic E-state index is -4.53. The summed E-state index contributed by atoms with van der Waals surface area (Å²) in [5.41, 5.74) is 2.26. The van der Waals surface area contributed by atoms with Crippen LogP contribution in [0, 0.1) is 0 Å². The topological polar surface area (TPSA) is 49.4 Å². The summed E-state index contributed by atoms with van der Waals surface area (Å²) in [6.45, 7) is 4.21. The van der Waals surface area contributed by atoms with Crippen molar-refractivity contribution >= 4 is 35.0 Å². The fourth-order valence-electron chi connectivity index (χ4n) is 3.78. The van der Waals surface area contributed by atoms with E-state index in [1.165, 1.54) is 29.5 Å². The highest BCUT2D eigenvalue weighted by Crippen LogP contribution is 2.42. The number of nitrogens with zero attached hydrogens (tertiary/aromatic N) is 1. The molecule has 4 nitrogen and oxygen atoms in total. The molecule has 34 heavy (non-hydrogen) atoms. The Kier molecular flexibility index (Phi) is 6.70. The van der Waals surface area contributed by atoms with Gasteiger partial charge in [-0.1, -0.05) is 44.2 Å². The summed E-state index contributed by atoms with van der Waals surface area (Å²) in [6, 6.07) is 19.2. The van der Waals surface area contributed by atoms with E-state index in [0.717, 1.165) is 23.4 Å². The first-order valence-corrected chi connectivity index (χ1v) is 11.8. The van der Waals surface area contributed by atoms with Crippen LogP contribution in [0.5, 0.6) is 0 Å². The van der Waals surface area contributed by atoms with Crippen LogP contribution in [0.2, 0.25) is 0 Å². The van der Waals surface area contributed by atoms with Crippen molar-refractivity contribution in [3.8, 4) is 0 Å². The third kappa shape index (κ3) is 5.12. The standard InChI is InChI=1S/C26H23F3N2O2S/c1-16(2)17-9-11-22(12-10-17)31-23(32)15-34-25(31)19-6-4-8-21(14-19)30-24(33)18-5-3-7-20(13-18)26(27,28)29/h3-14,16,25H,15H2,1-2H3,(H,30,33)/t25-/m1/s1. The highest BCUT2D eigenvalue weighted by atomic mass is 32.2. The van der Waals surface area contributed by atoms with E-state index < -0.39 is 17.6 Å².